The second kappa shape index (κ2) is 13.7. The van der Waals surface area contributed by atoms with Crippen LogP contribution in [0.5, 0.6) is 23.1 Å². The zero-order valence-corrected chi connectivity index (χ0v) is 26.4. The third-order valence-electron chi connectivity index (χ3n) is 8.78. The Kier molecular flexibility index (Phi) is 9.66. The molecule has 2 atom stereocenters. The third-order valence-corrected chi connectivity index (χ3v) is 8.78. The van der Waals surface area contributed by atoms with Gasteiger partial charge in [0, 0.05) is 24.4 Å². The molecule has 1 saturated carbocycles. The summed E-state index contributed by atoms with van der Waals surface area (Å²) in [5.74, 6) is -1.68. The Bertz CT molecular complexity index is 1720. The molecule has 5 rings (SSSR count). The van der Waals surface area contributed by atoms with Gasteiger partial charge in [0.05, 0.1) is 23.7 Å². The Hall–Kier alpha value is -4.84. The van der Waals surface area contributed by atoms with Crippen molar-refractivity contribution in [1.82, 2.24) is 14.9 Å². The predicted octanol–water partition coefficient (Wildman–Crippen LogP) is 6.28. The molecule has 1 heterocycles. The molecule has 1 fully saturated rings. The van der Waals surface area contributed by atoms with Gasteiger partial charge in [-0.15, -0.1) is 0 Å². The molecule has 4 aromatic rings. The molecule has 0 spiro atoms. The second-order valence-corrected chi connectivity index (χ2v) is 11.2. The fourth-order valence-corrected chi connectivity index (χ4v) is 5.69. The SMILES string of the molecule is CCN(CC)CCOc1cc2ncnc(Oc3ccc(NC(=O)C4(C(=O)Nc5ccc(F)cc5)[C@H](C)[C@H]4C)c(F)c3)c2cc1OC. The fourth-order valence-electron chi connectivity index (χ4n) is 5.69. The van der Waals surface area contributed by atoms with Crippen LogP contribution in [0.4, 0.5) is 20.2 Å². The summed E-state index contributed by atoms with van der Waals surface area (Å²) < 4.78 is 46.1. The Balaban J connectivity index is 1.30. The Morgan fingerprint density at radius 1 is 0.913 bits per heavy atom. The Morgan fingerprint density at radius 3 is 2.24 bits per heavy atom. The number of rotatable bonds is 13. The van der Waals surface area contributed by atoms with Crippen LogP contribution in [0.3, 0.4) is 0 Å². The Labute approximate surface area is 266 Å². The molecular weight excluding hydrogens is 596 g/mol. The number of hydrogen-bond donors (Lipinski definition) is 2. The van der Waals surface area contributed by atoms with Gasteiger partial charge in [-0.2, -0.15) is 0 Å². The normalized spacial score (nSPS) is 18.7. The van der Waals surface area contributed by atoms with E-state index in [0.29, 0.717) is 34.7 Å². The molecule has 0 unspecified atom stereocenters. The number of carbonyl (C=O) groups excluding carboxylic acids is 2. The van der Waals surface area contributed by atoms with Gasteiger partial charge in [-0.05, 0) is 67.4 Å². The van der Waals surface area contributed by atoms with Gasteiger partial charge in [-0.1, -0.05) is 27.7 Å². The van der Waals surface area contributed by atoms with Gasteiger partial charge in [0.1, 0.15) is 35.7 Å². The molecule has 1 aliphatic rings. The van der Waals surface area contributed by atoms with E-state index in [1.807, 2.05) is 0 Å². The van der Waals surface area contributed by atoms with Crippen LogP contribution in [0.15, 0.2) is 60.9 Å². The van der Waals surface area contributed by atoms with E-state index in [-0.39, 0.29) is 29.2 Å². The molecule has 1 aromatic heterocycles. The molecule has 0 radical (unpaired) electrons. The minimum Gasteiger partial charge on any atom is -0.493 e. The van der Waals surface area contributed by atoms with Crippen molar-refractivity contribution in [3.63, 3.8) is 0 Å². The van der Waals surface area contributed by atoms with E-state index >= 15 is 4.39 Å². The van der Waals surface area contributed by atoms with Crippen LogP contribution in [-0.4, -0.2) is 60.0 Å². The Morgan fingerprint density at radius 2 is 1.61 bits per heavy atom. The van der Waals surface area contributed by atoms with E-state index in [2.05, 4.69) is 39.3 Å². The van der Waals surface area contributed by atoms with Gasteiger partial charge < -0.3 is 29.7 Å². The highest BCUT2D eigenvalue weighted by atomic mass is 19.1. The van der Waals surface area contributed by atoms with E-state index in [4.69, 9.17) is 14.2 Å². The number of likely N-dealkylation sites (N-methyl/N-ethyl adjacent to an activating group) is 1. The minimum atomic E-state index is -1.41. The summed E-state index contributed by atoms with van der Waals surface area (Å²) in [6.45, 7) is 10.8. The highest BCUT2D eigenvalue weighted by Gasteiger charge is 2.69. The van der Waals surface area contributed by atoms with Gasteiger partial charge in [0.25, 0.3) is 0 Å². The standard InChI is InChI=1S/C34H37F2N5O5/c1-6-41(7-2)14-15-45-30-18-28-25(17-29(30)44-5)31(38-19-37-28)46-24-12-13-27(26(36)16-24)40-33(43)34(20(3)21(34)4)32(42)39-23-10-8-22(35)9-11-23/h8-13,16-21H,6-7,14-15H2,1-5H3,(H,39,42)(H,40,43)/t20-,21-/m1/s1. The largest absolute Gasteiger partial charge is 0.493 e. The lowest BCUT2D eigenvalue weighted by atomic mass is 9.99. The lowest BCUT2D eigenvalue weighted by molar-refractivity contribution is -0.132. The van der Waals surface area contributed by atoms with E-state index in [1.165, 1.54) is 49.8 Å². The van der Waals surface area contributed by atoms with Crippen LogP contribution in [0.2, 0.25) is 0 Å². The third kappa shape index (κ3) is 6.43. The highest BCUT2D eigenvalue weighted by molar-refractivity contribution is 6.17. The van der Waals surface area contributed by atoms with E-state index in [1.54, 1.807) is 26.0 Å². The molecule has 12 heteroatoms. The van der Waals surface area contributed by atoms with Gasteiger partial charge >= 0.3 is 0 Å². The lowest BCUT2D eigenvalue weighted by Crippen LogP contribution is -2.38. The maximum atomic E-state index is 15.3. The van der Waals surface area contributed by atoms with Gasteiger partial charge in [0.15, 0.2) is 11.5 Å². The van der Waals surface area contributed by atoms with Crippen LogP contribution in [0.1, 0.15) is 27.7 Å². The fraction of sp³-hybridized carbons (Fsp3) is 0.353. The second-order valence-electron chi connectivity index (χ2n) is 11.2. The number of hydrogen-bond acceptors (Lipinski definition) is 8. The molecule has 0 saturated heterocycles. The van der Waals surface area contributed by atoms with Crippen molar-refractivity contribution in [2.75, 3.05) is 44.0 Å². The lowest BCUT2D eigenvalue weighted by Gasteiger charge is -2.19. The zero-order chi connectivity index (χ0) is 33.0. The van der Waals surface area contributed by atoms with Crippen LogP contribution in [0, 0.1) is 28.9 Å². The van der Waals surface area contributed by atoms with Gasteiger partial charge in [0.2, 0.25) is 17.7 Å². The number of halogens is 2. The first kappa shape index (κ1) is 32.6. The summed E-state index contributed by atoms with van der Waals surface area (Å²) in [5, 5.41) is 5.78. The summed E-state index contributed by atoms with van der Waals surface area (Å²) >= 11 is 0. The van der Waals surface area contributed by atoms with Crippen LogP contribution >= 0.6 is 0 Å². The highest BCUT2D eigenvalue weighted by Crippen LogP contribution is 2.59. The average Bonchev–Trinajstić information content (AvgIpc) is 3.61. The predicted molar refractivity (Wildman–Crippen MR) is 170 cm³/mol. The van der Waals surface area contributed by atoms with Crippen LogP contribution < -0.4 is 24.8 Å². The van der Waals surface area contributed by atoms with Crippen molar-refractivity contribution in [3.05, 3.63) is 72.6 Å². The summed E-state index contributed by atoms with van der Waals surface area (Å²) in [6.07, 6.45) is 1.34. The summed E-state index contributed by atoms with van der Waals surface area (Å²) in [5.41, 5.74) is -0.627. The number of methoxy groups -OCH3 is 1. The first-order valence-electron chi connectivity index (χ1n) is 15.2. The monoisotopic (exact) mass is 633 g/mol. The first-order valence-corrected chi connectivity index (χ1v) is 15.2. The zero-order valence-electron chi connectivity index (χ0n) is 26.4. The topological polar surface area (TPSA) is 115 Å². The molecule has 242 valence electrons. The van der Waals surface area contributed by atoms with Crippen molar-refractivity contribution in [2.24, 2.45) is 17.3 Å². The van der Waals surface area contributed by atoms with Crippen LogP contribution in [-0.2, 0) is 9.59 Å². The number of benzene rings is 3. The number of carbonyl (C=O) groups is 2. The number of anilines is 2. The molecule has 1 aliphatic carbocycles. The molecule has 2 N–H and O–H groups in total. The number of nitrogens with zero attached hydrogens (tertiary/aromatic N) is 3. The molecule has 3 aromatic carbocycles. The maximum absolute atomic E-state index is 15.3. The van der Waals surface area contributed by atoms with E-state index in [0.717, 1.165) is 25.7 Å². The molecule has 46 heavy (non-hydrogen) atoms. The molecule has 0 bridgehead atoms. The maximum Gasteiger partial charge on any atom is 0.240 e. The number of fused-ring (bicyclic) bond motifs is 1. The van der Waals surface area contributed by atoms with Gasteiger partial charge in [-0.3, -0.25) is 9.59 Å². The molecule has 2 amide bonds. The summed E-state index contributed by atoms with van der Waals surface area (Å²) in [4.78, 5) is 37.5. The number of aromatic nitrogens is 2. The van der Waals surface area contributed by atoms with Crippen molar-refractivity contribution in [2.45, 2.75) is 27.7 Å². The van der Waals surface area contributed by atoms with E-state index < -0.39 is 28.9 Å². The van der Waals surface area contributed by atoms with Crippen LogP contribution in [0.25, 0.3) is 10.9 Å². The summed E-state index contributed by atoms with van der Waals surface area (Å²) in [6, 6.07) is 12.7. The van der Waals surface area contributed by atoms with Crippen molar-refractivity contribution in [1.29, 1.82) is 0 Å². The molecular formula is C34H37F2N5O5. The molecule has 0 aliphatic heterocycles. The van der Waals surface area contributed by atoms with Gasteiger partial charge in [-0.25, -0.2) is 18.7 Å². The number of ether oxygens (including phenoxy) is 3. The smallest absolute Gasteiger partial charge is 0.240 e. The van der Waals surface area contributed by atoms with Crippen molar-refractivity contribution >= 4 is 34.1 Å². The number of amides is 2. The minimum absolute atomic E-state index is 0.113. The van der Waals surface area contributed by atoms with Crippen molar-refractivity contribution < 1.29 is 32.6 Å². The van der Waals surface area contributed by atoms with E-state index in [9.17, 15) is 14.0 Å². The quantitative estimate of drug-likeness (QED) is 0.166. The summed E-state index contributed by atoms with van der Waals surface area (Å²) in [7, 11) is 1.53. The number of nitrogens with one attached hydrogen (secondary N) is 2. The van der Waals surface area contributed by atoms with Crippen molar-refractivity contribution in [3.8, 4) is 23.1 Å². The first-order chi connectivity index (χ1) is 22.1. The molecule has 10 nitrogen and oxygen atoms in total. The average molecular weight is 634 g/mol.